The predicted octanol–water partition coefficient (Wildman–Crippen LogP) is 1.65. The second kappa shape index (κ2) is 5.25. The number of allylic oxidation sites excluding steroid dienone is 1. The van der Waals surface area contributed by atoms with Gasteiger partial charge < -0.3 is 5.32 Å². The summed E-state index contributed by atoms with van der Waals surface area (Å²) in [5.41, 5.74) is 0. The maximum atomic E-state index is 4.27. The van der Waals surface area contributed by atoms with E-state index in [4.69, 9.17) is 0 Å². The molecule has 4 nitrogen and oxygen atoms in total. The Hall–Kier alpha value is -1.16. The highest BCUT2D eigenvalue weighted by molar-refractivity contribution is 4.90. The molecule has 1 aromatic rings. The highest BCUT2D eigenvalue weighted by atomic mass is 15.3. The summed E-state index contributed by atoms with van der Waals surface area (Å²) in [5, 5.41) is 7.83. The van der Waals surface area contributed by atoms with Gasteiger partial charge in [0.25, 0.3) is 0 Å². The smallest absolute Gasteiger partial charge is 0.164 e. The number of rotatable bonds is 7. The largest absolute Gasteiger partial charge is 0.307 e. The van der Waals surface area contributed by atoms with Gasteiger partial charge in [-0.1, -0.05) is 6.08 Å². The molecule has 1 heterocycles. The minimum Gasteiger partial charge on any atom is -0.307 e. The van der Waals surface area contributed by atoms with Crippen LogP contribution in [-0.4, -0.2) is 20.8 Å². The Bertz CT molecular complexity index is 341. The zero-order valence-corrected chi connectivity index (χ0v) is 9.89. The Morgan fingerprint density at radius 3 is 3.06 bits per heavy atom. The topological polar surface area (TPSA) is 42.7 Å². The Kier molecular flexibility index (Phi) is 3.72. The quantitative estimate of drug-likeness (QED) is 0.710. The molecule has 16 heavy (non-hydrogen) atoms. The lowest BCUT2D eigenvalue weighted by molar-refractivity contribution is 0.430. The SMILES string of the molecule is C=CCCC(NCc1ncn(C)n1)C1CC1. The molecule has 1 atom stereocenters. The summed E-state index contributed by atoms with van der Waals surface area (Å²) in [4.78, 5) is 4.22. The summed E-state index contributed by atoms with van der Waals surface area (Å²) in [6.07, 6.45) is 8.74. The van der Waals surface area contributed by atoms with E-state index in [1.54, 1.807) is 11.0 Å². The molecular weight excluding hydrogens is 200 g/mol. The first-order valence-corrected chi connectivity index (χ1v) is 5.98. The van der Waals surface area contributed by atoms with Gasteiger partial charge in [-0.2, -0.15) is 5.10 Å². The molecule has 1 aliphatic carbocycles. The van der Waals surface area contributed by atoms with E-state index >= 15 is 0 Å². The highest BCUT2D eigenvalue weighted by Gasteiger charge is 2.30. The average Bonchev–Trinajstić information content (AvgIpc) is 3.03. The fraction of sp³-hybridized carbons (Fsp3) is 0.667. The molecule has 1 fully saturated rings. The van der Waals surface area contributed by atoms with Gasteiger partial charge in [0.1, 0.15) is 6.33 Å². The van der Waals surface area contributed by atoms with E-state index in [0.717, 1.165) is 24.7 Å². The summed E-state index contributed by atoms with van der Waals surface area (Å²) < 4.78 is 1.74. The average molecular weight is 220 g/mol. The van der Waals surface area contributed by atoms with Gasteiger partial charge in [0.15, 0.2) is 5.82 Å². The molecule has 88 valence electrons. The molecule has 0 radical (unpaired) electrons. The summed E-state index contributed by atoms with van der Waals surface area (Å²) in [6.45, 7) is 4.56. The first-order valence-electron chi connectivity index (χ1n) is 5.98. The molecular formula is C12H20N4. The molecule has 1 saturated carbocycles. The second-order valence-electron chi connectivity index (χ2n) is 4.53. The van der Waals surface area contributed by atoms with Gasteiger partial charge in [-0.25, -0.2) is 4.98 Å². The predicted molar refractivity (Wildman–Crippen MR) is 63.8 cm³/mol. The van der Waals surface area contributed by atoms with Crippen LogP contribution in [0, 0.1) is 5.92 Å². The minimum absolute atomic E-state index is 0.613. The van der Waals surface area contributed by atoms with E-state index in [1.165, 1.54) is 19.3 Å². The molecule has 0 amide bonds. The van der Waals surface area contributed by atoms with Crippen molar-refractivity contribution in [2.24, 2.45) is 13.0 Å². The van der Waals surface area contributed by atoms with Gasteiger partial charge in [-0.05, 0) is 31.6 Å². The third-order valence-corrected chi connectivity index (χ3v) is 3.04. The highest BCUT2D eigenvalue weighted by Crippen LogP contribution is 2.34. The van der Waals surface area contributed by atoms with Crippen molar-refractivity contribution in [1.82, 2.24) is 20.1 Å². The molecule has 0 aliphatic heterocycles. The van der Waals surface area contributed by atoms with Crippen molar-refractivity contribution in [2.75, 3.05) is 0 Å². The van der Waals surface area contributed by atoms with E-state index in [2.05, 4.69) is 22.0 Å². The van der Waals surface area contributed by atoms with E-state index < -0.39 is 0 Å². The number of nitrogens with one attached hydrogen (secondary N) is 1. The van der Waals surface area contributed by atoms with Crippen molar-refractivity contribution in [3.05, 3.63) is 24.8 Å². The Labute approximate surface area is 96.8 Å². The lowest BCUT2D eigenvalue weighted by Gasteiger charge is -2.16. The molecule has 0 bridgehead atoms. The van der Waals surface area contributed by atoms with Crippen molar-refractivity contribution in [3.63, 3.8) is 0 Å². The molecule has 2 rings (SSSR count). The van der Waals surface area contributed by atoms with Crippen molar-refractivity contribution in [2.45, 2.75) is 38.3 Å². The van der Waals surface area contributed by atoms with Crippen molar-refractivity contribution in [1.29, 1.82) is 0 Å². The lowest BCUT2D eigenvalue weighted by Crippen LogP contribution is -2.30. The Morgan fingerprint density at radius 2 is 2.50 bits per heavy atom. The van der Waals surface area contributed by atoms with E-state index in [0.29, 0.717) is 6.04 Å². The van der Waals surface area contributed by atoms with Crippen molar-refractivity contribution in [3.8, 4) is 0 Å². The molecule has 0 aromatic carbocycles. The van der Waals surface area contributed by atoms with Gasteiger partial charge in [0, 0.05) is 13.1 Å². The first kappa shape index (κ1) is 11.3. The zero-order chi connectivity index (χ0) is 11.4. The first-order chi connectivity index (χ1) is 7.79. The monoisotopic (exact) mass is 220 g/mol. The zero-order valence-electron chi connectivity index (χ0n) is 9.89. The van der Waals surface area contributed by atoms with E-state index in [-0.39, 0.29) is 0 Å². The van der Waals surface area contributed by atoms with Gasteiger partial charge in [-0.3, -0.25) is 4.68 Å². The van der Waals surface area contributed by atoms with Crippen LogP contribution in [0.4, 0.5) is 0 Å². The summed E-state index contributed by atoms with van der Waals surface area (Å²) >= 11 is 0. The number of aromatic nitrogens is 3. The van der Waals surface area contributed by atoms with Crippen LogP contribution < -0.4 is 5.32 Å². The maximum absolute atomic E-state index is 4.27. The molecule has 4 heteroatoms. The normalized spacial score (nSPS) is 17.3. The fourth-order valence-electron chi connectivity index (χ4n) is 1.99. The maximum Gasteiger partial charge on any atom is 0.164 e. The van der Waals surface area contributed by atoms with Gasteiger partial charge in [0.2, 0.25) is 0 Å². The molecule has 1 aromatic heterocycles. The second-order valence-corrected chi connectivity index (χ2v) is 4.53. The number of aryl methyl sites for hydroxylation is 1. The number of nitrogens with zero attached hydrogens (tertiary/aromatic N) is 3. The van der Waals surface area contributed by atoms with E-state index in [9.17, 15) is 0 Å². The van der Waals surface area contributed by atoms with Gasteiger partial charge >= 0.3 is 0 Å². The Morgan fingerprint density at radius 1 is 1.69 bits per heavy atom. The van der Waals surface area contributed by atoms with Crippen molar-refractivity contribution < 1.29 is 0 Å². The summed E-state index contributed by atoms with van der Waals surface area (Å²) in [5.74, 6) is 1.75. The van der Waals surface area contributed by atoms with Crippen LogP contribution in [0.1, 0.15) is 31.5 Å². The number of hydrogen-bond acceptors (Lipinski definition) is 3. The molecule has 1 unspecified atom stereocenters. The standard InChI is InChI=1S/C12H20N4/c1-3-4-5-11(10-6-7-10)13-8-12-14-9-16(2)15-12/h3,9-11,13H,1,4-8H2,2H3. The van der Waals surface area contributed by atoms with Crippen LogP contribution in [0.25, 0.3) is 0 Å². The van der Waals surface area contributed by atoms with Crippen LogP contribution in [0.2, 0.25) is 0 Å². The molecule has 1 aliphatic rings. The third kappa shape index (κ3) is 3.17. The summed E-state index contributed by atoms with van der Waals surface area (Å²) in [7, 11) is 1.90. The van der Waals surface area contributed by atoms with Gasteiger partial charge in [-0.15, -0.1) is 6.58 Å². The van der Waals surface area contributed by atoms with E-state index in [1.807, 2.05) is 13.1 Å². The van der Waals surface area contributed by atoms with Crippen LogP contribution in [0.15, 0.2) is 19.0 Å². The summed E-state index contributed by atoms with van der Waals surface area (Å²) in [6, 6.07) is 0.613. The molecule has 0 saturated heterocycles. The van der Waals surface area contributed by atoms with Crippen LogP contribution in [0.5, 0.6) is 0 Å². The minimum atomic E-state index is 0.613. The fourth-order valence-corrected chi connectivity index (χ4v) is 1.99. The van der Waals surface area contributed by atoms with Gasteiger partial charge in [0.05, 0.1) is 6.54 Å². The Balaban J connectivity index is 1.79. The molecule has 1 N–H and O–H groups in total. The number of hydrogen-bond donors (Lipinski definition) is 1. The van der Waals surface area contributed by atoms with Crippen LogP contribution in [0.3, 0.4) is 0 Å². The van der Waals surface area contributed by atoms with Crippen LogP contribution in [-0.2, 0) is 13.6 Å². The third-order valence-electron chi connectivity index (χ3n) is 3.04. The molecule has 0 spiro atoms. The van der Waals surface area contributed by atoms with Crippen LogP contribution >= 0.6 is 0 Å². The van der Waals surface area contributed by atoms with Crippen molar-refractivity contribution >= 4 is 0 Å². The lowest BCUT2D eigenvalue weighted by atomic mass is 10.1.